The molecule has 0 spiro atoms. The van der Waals surface area contributed by atoms with Crippen molar-refractivity contribution in [3.63, 3.8) is 0 Å². The summed E-state index contributed by atoms with van der Waals surface area (Å²) >= 11 is 3.74. The van der Waals surface area contributed by atoms with Crippen LogP contribution in [0.4, 0.5) is 0 Å². The maximum Gasteiger partial charge on any atom is 0.120 e. The zero-order valence-corrected chi connectivity index (χ0v) is 9.54. The van der Waals surface area contributed by atoms with E-state index in [0.717, 1.165) is 18.2 Å². The van der Waals surface area contributed by atoms with Crippen molar-refractivity contribution in [2.45, 2.75) is 19.2 Å². The van der Waals surface area contributed by atoms with Gasteiger partial charge in [-0.15, -0.1) is 23.1 Å². The van der Waals surface area contributed by atoms with E-state index in [1.165, 1.54) is 10.8 Å². The second-order valence-corrected chi connectivity index (χ2v) is 5.58. The van der Waals surface area contributed by atoms with Crippen LogP contribution in [0.2, 0.25) is 0 Å². The lowest BCUT2D eigenvalue weighted by atomic mass is 10.2. The standard InChI is InChI=1S/C9H14N2S2/c1-6-3-10-8(12-4-6)9-11-7(2)5-13-9/h5-6,8,10H,3-4H2,1-2H3. The van der Waals surface area contributed by atoms with E-state index < -0.39 is 0 Å². The Morgan fingerprint density at radius 3 is 3.00 bits per heavy atom. The molecule has 1 saturated heterocycles. The third kappa shape index (κ3) is 2.24. The van der Waals surface area contributed by atoms with E-state index in [2.05, 4.69) is 29.5 Å². The fourth-order valence-corrected chi connectivity index (χ4v) is 3.50. The molecular formula is C9H14N2S2. The largest absolute Gasteiger partial charge is 0.299 e. The van der Waals surface area contributed by atoms with Crippen molar-refractivity contribution in [3.8, 4) is 0 Å². The Balaban J connectivity index is 2.02. The van der Waals surface area contributed by atoms with Gasteiger partial charge < -0.3 is 0 Å². The average molecular weight is 214 g/mol. The van der Waals surface area contributed by atoms with Crippen molar-refractivity contribution in [2.75, 3.05) is 12.3 Å². The van der Waals surface area contributed by atoms with Crippen molar-refractivity contribution in [1.29, 1.82) is 0 Å². The van der Waals surface area contributed by atoms with Crippen LogP contribution in [-0.2, 0) is 0 Å². The molecule has 2 nitrogen and oxygen atoms in total. The molecule has 2 rings (SSSR count). The Labute approximate surface area is 87.1 Å². The summed E-state index contributed by atoms with van der Waals surface area (Å²) in [5.41, 5.74) is 1.14. The number of hydrogen-bond donors (Lipinski definition) is 1. The van der Waals surface area contributed by atoms with Crippen LogP contribution in [0.25, 0.3) is 0 Å². The topological polar surface area (TPSA) is 24.9 Å². The van der Waals surface area contributed by atoms with Gasteiger partial charge in [0.25, 0.3) is 0 Å². The first-order valence-electron chi connectivity index (χ1n) is 4.52. The highest BCUT2D eigenvalue weighted by atomic mass is 32.2. The summed E-state index contributed by atoms with van der Waals surface area (Å²) in [7, 11) is 0. The second kappa shape index (κ2) is 3.98. The summed E-state index contributed by atoms with van der Waals surface area (Å²) in [6.07, 6.45) is 0. The van der Waals surface area contributed by atoms with Crippen molar-refractivity contribution >= 4 is 23.1 Å². The lowest BCUT2D eigenvalue weighted by molar-refractivity contribution is 0.528. The predicted molar refractivity (Wildman–Crippen MR) is 59.2 cm³/mol. The maximum atomic E-state index is 4.49. The molecule has 0 radical (unpaired) electrons. The number of rotatable bonds is 1. The fraction of sp³-hybridized carbons (Fsp3) is 0.667. The number of aromatic nitrogens is 1. The summed E-state index contributed by atoms with van der Waals surface area (Å²) in [6, 6.07) is 0. The molecule has 72 valence electrons. The molecule has 1 aromatic rings. The van der Waals surface area contributed by atoms with Gasteiger partial charge in [-0.1, -0.05) is 6.92 Å². The summed E-state index contributed by atoms with van der Waals surface area (Å²) in [4.78, 5) is 4.49. The van der Waals surface area contributed by atoms with Crippen LogP contribution in [-0.4, -0.2) is 17.3 Å². The van der Waals surface area contributed by atoms with E-state index in [9.17, 15) is 0 Å². The number of aryl methyl sites for hydroxylation is 1. The first-order valence-corrected chi connectivity index (χ1v) is 6.45. The van der Waals surface area contributed by atoms with Gasteiger partial charge in [0.1, 0.15) is 10.4 Å². The number of hydrogen-bond acceptors (Lipinski definition) is 4. The minimum Gasteiger partial charge on any atom is -0.299 e. The Hall–Kier alpha value is -0.0600. The van der Waals surface area contributed by atoms with Gasteiger partial charge >= 0.3 is 0 Å². The van der Waals surface area contributed by atoms with Crippen LogP contribution in [0.3, 0.4) is 0 Å². The fourth-order valence-electron chi connectivity index (χ4n) is 1.34. The molecule has 1 fully saturated rings. The number of thioether (sulfide) groups is 1. The highest BCUT2D eigenvalue weighted by Crippen LogP contribution is 2.32. The van der Waals surface area contributed by atoms with Crippen LogP contribution >= 0.6 is 23.1 Å². The molecule has 4 heteroatoms. The van der Waals surface area contributed by atoms with E-state index in [1.54, 1.807) is 11.3 Å². The molecule has 2 atom stereocenters. The van der Waals surface area contributed by atoms with Crippen molar-refractivity contribution in [2.24, 2.45) is 5.92 Å². The van der Waals surface area contributed by atoms with Gasteiger partial charge in [0.05, 0.1) is 0 Å². The molecule has 1 aliphatic heterocycles. The van der Waals surface area contributed by atoms with Gasteiger partial charge in [-0.3, -0.25) is 5.32 Å². The molecule has 0 bridgehead atoms. The van der Waals surface area contributed by atoms with E-state index >= 15 is 0 Å². The van der Waals surface area contributed by atoms with Gasteiger partial charge in [0.15, 0.2) is 0 Å². The van der Waals surface area contributed by atoms with Gasteiger partial charge in [-0.2, -0.15) is 0 Å². The van der Waals surface area contributed by atoms with Crippen molar-refractivity contribution in [3.05, 3.63) is 16.1 Å². The van der Waals surface area contributed by atoms with Gasteiger partial charge in [0.2, 0.25) is 0 Å². The minimum absolute atomic E-state index is 0.440. The maximum absolute atomic E-state index is 4.49. The summed E-state index contributed by atoms with van der Waals surface area (Å²) in [5, 5.41) is 7.30. The van der Waals surface area contributed by atoms with Crippen LogP contribution in [0.15, 0.2) is 5.38 Å². The van der Waals surface area contributed by atoms with Gasteiger partial charge in [-0.25, -0.2) is 4.98 Å². The van der Waals surface area contributed by atoms with Crippen LogP contribution in [0, 0.1) is 12.8 Å². The molecule has 1 N–H and O–H groups in total. The molecular weight excluding hydrogens is 200 g/mol. The van der Waals surface area contributed by atoms with Crippen molar-refractivity contribution < 1.29 is 0 Å². The Bertz CT molecular complexity index is 277. The molecule has 2 unspecified atom stereocenters. The van der Waals surface area contributed by atoms with E-state index in [4.69, 9.17) is 0 Å². The third-order valence-corrected chi connectivity index (χ3v) is 4.72. The molecule has 1 aromatic heterocycles. The van der Waals surface area contributed by atoms with Crippen LogP contribution < -0.4 is 5.32 Å². The molecule has 13 heavy (non-hydrogen) atoms. The minimum atomic E-state index is 0.440. The summed E-state index contributed by atoms with van der Waals surface area (Å²) < 4.78 is 0. The van der Waals surface area contributed by atoms with Crippen LogP contribution in [0.5, 0.6) is 0 Å². The zero-order valence-electron chi connectivity index (χ0n) is 7.91. The second-order valence-electron chi connectivity index (χ2n) is 3.55. The monoisotopic (exact) mass is 214 g/mol. The third-order valence-electron chi connectivity index (χ3n) is 2.06. The first-order chi connectivity index (χ1) is 6.25. The average Bonchev–Trinajstić information content (AvgIpc) is 2.53. The molecule has 1 aliphatic rings. The van der Waals surface area contributed by atoms with E-state index in [1.807, 2.05) is 11.8 Å². The van der Waals surface area contributed by atoms with Gasteiger partial charge in [0, 0.05) is 11.1 Å². The Morgan fingerprint density at radius 1 is 1.62 bits per heavy atom. The van der Waals surface area contributed by atoms with Crippen LogP contribution in [0.1, 0.15) is 23.0 Å². The predicted octanol–water partition coefficient (Wildman–Crippen LogP) is 2.42. The van der Waals surface area contributed by atoms with Crippen molar-refractivity contribution in [1.82, 2.24) is 10.3 Å². The number of thiazole rings is 1. The quantitative estimate of drug-likeness (QED) is 0.777. The SMILES string of the molecule is Cc1csc(C2NCC(C)CS2)n1. The lowest BCUT2D eigenvalue weighted by Gasteiger charge is -2.25. The van der Waals surface area contributed by atoms with E-state index in [-0.39, 0.29) is 0 Å². The molecule has 2 heterocycles. The Morgan fingerprint density at radius 2 is 2.46 bits per heavy atom. The highest BCUT2D eigenvalue weighted by molar-refractivity contribution is 7.99. The first kappa shape index (κ1) is 9.49. The summed E-state index contributed by atoms with van der Waals surface area (Å²) in [5.74, 6) is 2.04. The molecule has 0 aromatic carbocycles. The molecule has 0 amide bonds. The zero-order chi connectivity index (χ0) is 9.26. The lowest BCUT2D eigenvalue weighted by Crippen LogP contribution is -2.31. The Kier molecular flexibility index (Phi) is 2.91. The highest BCUT2D eigenvalue weighted by Gasteiger charge is 2.21. The van der Waals surface area contributed by atoms with Gasteiger partial charge in [-0.05, 0) is 25.1 Å². The normalized spacial score (nSPS) is 29.1. The summed E-state index contributed by atoms with van der Waals surface area (Å²) in [6.45, 7) is 5.45. The number of nitrogens with one attached hydrogen (secondary N) is 1. The molecule has 0 saturated carbocycles. The van der Waals surface area contributed by atoms with E-state index in [0.29, 0.717) is 5.37 Å². The number of nitrogens with zero attached hydrogens (tertiary/aromatic N) is 1. The molecule has 0 aliphatic carbocycles. The smallest absolute Gasteiger partial charge is 0.120 e.